The van der Waals surface area contributed by atoms with Crippen molar-refractivity contribution < 1.29 is 18.7 Å². The highest BCUT2D eigenvalue weighted by atomic mass is 35.5. The molecule has 0 atom stereocenters. The molecule has 1 aromatic heterocycles. The lowest BCUT2D eigenvalue weighted by Crippen LogP contribution is -2.33. The first-order valence-electron chi connectivity index (χ1n) is 10.7. The van der Waals surface area contributed by atoms with Gasteiger partial charge in [0.05, 0.1) is 28.2 Å². The van der Waals surface area contributed by atoms with Gasteiger partial charge in [0.15, 0.2) is 11.6 Å². The molecular weight excluding hydrogens is 496 g/mol. The number of halogens is 3. The zero-order valence-corrected chi connectivity index (χ0v) is 20.7. The topological polar surface area (TPSA) is 97.7 Å². The number of nitrogens with zero attached hydrogens (tertiary/aromatic N) is 3. The zero-order valence-electron chi connectivity index (χ0n) is 19.2. The number of fused-ring (bicyclic) bond motifs is 1. The third-order valence-electron chi connectivity index (χ3n) is 4.76. The zero-order chi connectivity index (χ0) is 25.2. The van der Waals surface area contributed by atoms with Gasteiger partial charge in [-0.15, -0.1) is 0 Å². The number of rotatable bonds is 4. The maximum Gasteiger partial charge on any atom is 0.412 e. The maximum atomic E-state index is 14.5. The molecule has 0 bridgehead atoms. The van der Waals surface area contributed by atoms with E-state index in [0.717, 1.165) is 6.20 Å². The van der Waals surface area contributed by atoms with Crippen molar-refractivity contribution in [1.82, 2.24) is 15.3 Å². The number of carbonyl (C=O) groups excluding carboxylic acids is 1. The normalized spacial score (nSPS) is 16.4. The van der Waals surface area contributed by atoms with E-state index in [1.165, 1.54) is 6.26 Å². The third-order valence-corrected chi connectivity index (χ3v) is 5.50. The monoisotopic (exact) mass is 517 g/mol. The highest BCUT2D eigenvalue weighted by Crippen LogP contribution is 2.32. The maximum absolute atomic E-state index is 14.5. The summed E-state index contributed by atoms with van der Waals surface area (Å²) >= 11 is 12.0. The fourth-order valence-electron chi connectivity index (χ4n) is 3.29. The van der Waals surface area contributed by atoms with Gasteiger partial charge in [0.2, 0.25) is 5.95 Å². The molecule has 1 amide bonds. The number of aliphatic imine (C=N–C) groups is 1. The lowest BCUT2D eigenvalue weighted by atomic mass is 9.95. The molecule has 4 rings (SSSR count). The quantitative estimate of drug-likeness (QED) is 0.465. The summed E-state index contributed by atoms with van der Waals surface area (Å²) in [6.45, 7) is 5.34. The Balaban J connectivity index is 1.56. The number of aromatic nitrogens is 2. The van der Waals surface area contributed by atoms with Crippen molar-refractivity contribution in [3.8, 4) is 0 Å². The van der Waals surface area contributed by atoms with Gasteiger partial charge in [0, 0.05) is 29.8 Å². The molecule has 1 aliphatic heterocycles. The molecule has 0 radical (unpaired) electrons. The van der Waals surface area contributed by atoms with Crippen molar-refractivity contribution in [3.63, 3.8) is 0 Å². The Morgan fingerprint density at radius 1 is 1.26 bits per heavy atom. The molecule has 11 heteroatoms. The van der Waals surface area contributed by atoms with E-state index in [0.29, 0.717) is 51.3 Å². The Kier molecular flexibility index (Phi) is 7.09. The molecule has 2 N–H and O–H groups in total. The summed E-state index contributed by atoms with van der Waals surface area (Å²) in [5.41, 5.74) is 1.80. The average Bonchev–Trinajstić information content (AvgIpc) is 2.78. The SMILES string of the molecule is CC(C)(C)OC(=O)NC1=C2CC(=Nc3nc(Nc4ccc(Cl)c(Cl)c4)ncc3F)CC=C2OC=C1. The number of hydrogen-bond donors (Lipinski definition) is 2. The van der Waals surface area contributed by atoms with Crippen molar-refractivity contribution in [2.45, 2.75) is 39.2 Å². The number of anilines is 2. The second-order valence-electron chi connectivity index (χ2n) is 8.69. The number of benzene rings is 1. The van der Waals surface area contributed by atoms with E-state index in [2.05, 4.69) is 25.6 Å². The van der Waals surface area contributed by atoms with E-state index >= 15 is 0 Å². The van der Waals surface area contributed by atoms with Gasteiger partial charge in [-0.3, -0.25) is 5.32 Å². The van der Waals surface area contributed by atoms with Crippen LogP contribution in [0, 0.1) is 5.82 Å². The lowest BCUT2D eigenvalue weighted by molar-refractivity contribution is 0.0546. The predicted molar refractivity (Wildman–Crippen MR) is 133 cm³/mol. The van der Waals surface area contributed by atoms with Crippen LogP contribution in [0.3, 0.4) is 0 Å². The number of ether oxygens (including phenoxy) is 2. The van der Waals surface area contributed by atoms with E-state index < -0.39 is 17.5 Å². The van der Waals surface area contributed by atoms with E-state index in [4.69, 9.17) is 32.7 Å². The van der Waals surface area contributed by atoms with E-state index in [9.17, 15) is 9.18 Å². The summed E-state index contributed by atoms with van der Waals surface area (Å²) in [6, 6.07) is 4.93. The van der Waals surface area contributed by atoms with Gasteiger partial charge in [-0.05, 0) is 51.1 Å². The standard InChI is InChI=1S/C24H22Cl2FN5O3/c1-24(2,3)35-23(33)31-19-8-9-34-20-7-5-13(10-15(19)20)29-21-18(27)12-28-22(32-21)30-14-4-6-16(25)17(26)11-14/h4,6-9,11-12H,5,10H2,1-3H3,(H,31,33)(H,28,30,32). The number of hydrogen-bond acceptors (Lipinski definition) is 7. The molecular formula is C24H22Cl2FN5O3. The predicted octanol–water partition coefficient (Wildman–Crippen LogP) is 6.74. The van der Waals surface area contributed by atoms with Crippen LogP contribution in [0.4, 0.5) is 26.6 Å². The summed E-state index contributed by atoms with van der Waals surface area (Å²) in [5, 5.41) is 6.46. The van der Waals surface area contributed by atoms with Crippen LogP contribution in [0.15, 0.2) is 64.8 Å². The Labute approximate surface area is 211 Å². The van der Waals surface area contributed by atoms with Gasteiger partial charge < -0.3 is 14.8 Å². The minimum absolute atomic E-state index is 0.121. The molecule has 8 nitrogen and oxygen atoms in total. The molecule has 0 saturated heterocycles. The van der Waals surface area contributed by atoms with E-state index in [-0.39, 0.29) is 11.8 Å². The van der Waals surface area contributed by atoms with Crippen molar-refractivity contribution in [1.29, 1.82) is 0 Å². The van der Waals surface area contributed by atoms with Crippen LogP contribution < -0.4 is 10.6 Å². The highest BCUT2D eigenvalue weighted by molar-refractivity contribution is 6.42. The molecule has 0 spiro atoms. The number of alkyl carbamates (subject to hydrolysis) is 1. The molecule has 2 heterocycles. The smallest absolute Gasteiger partial charge is 0.412 e. The number of allylic oxidation sites excluding steroid dienone is 3. The second-order valence-corrected chi connectivity index (χ2v) is 9.50. The third kappa shape index (κ3) is 6.37. The molecule has 2 aromatic rings. The van der Waals surface area contributed by atoms with Crippen LogP contribution >= 0.6 is 23.2 Å². The Morgan fingerprint density at radius 2 is 2.06 bits per heavy atom. The lowest BCUT2D eigenvalue weighted by Gasteiger charge is -2.25. The summed E-state index contributed by atoms with van der Waals surface area (Å²) < 4.78 is 25.4. The minimum atomic E-state index is -0.673. The van der Waals surface area contributed by atoms with Crippen LogP contribution in [0.2, 0.25) is 10.0 Å². The number of carbonyl (C=O) groups is 1. The highest BCUT2D eigenvalue weighted by Gasteiger charge is 2.25. The summed E-state index contributed by atoms with van der Waals surface area (Å²) in [6.07, 6.45) is 6.11. The molecule has 2 aliphatic rings. The molecule has 182 valence electrons. The molecule has 1 aromatic carbocycles. The van der Waals surface area contributed by atoms with Crippen molar-refractivity contribution in [2.24, 2.45) is 4.99 Å². The molecule has 0 fully saturated rings. The summed E-state index contributed by atoms with van der Waals surface area (Å²) in [5.74, 6) is -0.0500. The Hall–Kier alpha value is -3.43. The first-order chi connectivity index (χ1) is 16.6. The largest absolute Gasteiger partial charge is 0.465 e. The van der Waals surface area contributed by atoms with Crippen molar-refractivity contribution >= 4 is 52.5 Å². The molecule has 0 saturated carbocycles. The number of amides is 1. The van der Waals surface area contributed by atoms with Crippen LogP contribution in [0.1, 0.15) is 33.6 Å². The average molecular weight is 518 g/mol. The van der Waals surface area contributed by atoms with E-state index in [1.807, 2.05) is 6.08 Å². The molecule has 1 aliphatic carbocycles. The first kappa shape index (κ1) is 24.7. The van der Waals surface area contributed by atoms with Crippen LogP contribution in [0.5, 0.6) is 0 Å². The van der Waals surface area contributed by atoms with Gasteiger partial charge in [-0.2, -0.15) is 4.98 Å². The van der Waals surface area contributed by atoms with Crippen molar-refractivity contribution in [3.05, 3.63) is 75.7 Å². The van der Waals surface area contributed by atoms with Gasteiger partial charge in [0.1, 0.15) is 11.4 Å². The fraction of sp³-hybridized carbons (Fsp3) is 0.250. The molecule has 0 unspecified atom stereocenters. The fourth-order valence-corrected chi connectivity index (χ4v) is 3.58. The molecule has 35 heavy (non-hydrogen) atoms. The van der Waals surface area contributed by atoms with E-state index in [1.54, 1.807) is 45.0 Å². The second kappa shape index (κ2) is 10.1. The minimum Gasteiger partial charge on any atom is -0.465 e. The Bertz CT molecular complexity index is 1300. The van der Waals surface area contributed by atoms with Gasteiger partial charge >= 0.3 is 6.09 Å². The van der Waals surface area contributed by atoms with Crippen LogP contribution in [-0.2, 0) is 9.47 Å². The summed E-state index contributed by atoms with van der Waals surface area (Å²) in [4.78, 5) is 24.8. The first-order valence-corrected chi connectivity index (χ1v) is 11.4. The number of nitrogens with one attached hydrogen (secondary N) is 2. The van der Waals surface area contributed by atoms with Crippen LogP contribution in [0.25, 0.3) is 0 Å². The van der Waals surface area contributed by atoms with Gasteiger partial charge in [-0.1, -0.05) is 23.2 Å². The summed E-state index contributed by atoms with van der Waals surface area (Å²) in [7, 11) is 0. The van der Waals surface area contributed by atoms with Gasteiger partial charge in [0.25, 0.3) is 0 Å². The Morgan fingerprint density at radius 3 is 2.80 bits per heavy atom. The van der Waals surface area contributed by atoms with Crippen LogP contribution in [-0.4, -0.2) is 27.4 Å². The van der Waals surface area contributed by atoms with Crippen molar-refractivity contribution in [2.75, 3.05) is 5.32 Å². The van der Waals surface area contributed by atoms with Gasteiger partial charge in [-0.25, -0.2) is 19.2 Å².